The molecule has 0 radical (unpaired) electrons. The normalized spacial score (nSPS) is 24.1. The molecule has 2 rings (SSSR count). The molecule has 1 aliphatic heterocycles. The fraction of sp³-hybridized carbons (Fsp3) is 0.462. The first kappa shape index (κ1) is 11.8. The van der Waals surface area contributed by atoms with E-state index in [0.29, 0.717) is 12.8 Å². The largest absolute Gasteiger partial charge is 0.338 e. The van der Waals surface area contributed by atoms with Crippen molar-refractivity contribution in [3.8, 4) is 0 Å². The van der Waals surface area contributed by atoms with E-state index in [9.17, 15) is 9.59 Å². The van der Waals surface area contributed by atoms with Crippen molar-refractivity contribution in [2.45, 2.75) is 25.3 Å². The highest BCUT2D eigenvalue weighted by Gasteiger charge is 2.37. The van der Waals surface area contributed by atoms with Crippen molar-refractivity contribution in [2.75, 3.05) is 7.05 Å². The Morgan fingerprint density at radius 1 is 1.59 bits per heavy atom. The van der Waals surface area contributed by atoms with Gasteiger partial charge in [0.2, 0.25) is 5.91 Å². The number of pyridine rings is 1. The summed E-state index contributed by atoms with van der Waals surface area (Å²) in [7, 11) is 1.82. The number of carbonyl (C=O) groups excluding carboxylic acids is 2. The van der Waals surface area contributed by atoms with Gasteiger partial charge in [-0.1, -0.05) is 6.07 Å². The van der Waals surface area contributed by atoms with Gasteiger partial charge in [0.05, 0.1) is 6.04 Å². The number of carbonyl (C=O) groups is 2. The van der Waals surface area contributed by atoms with E-state index in [4.69, 9.17) is 0 Å². The van der Waals surface area contributed by atoms with Crippen LogP contribution in [0.2, 0.25) is 0 Å². The molecular formula is C13H16N2O2. The maximum atomic E-state index is 12.0. The van der Waals surface area contributed by atoms with Crippen LogP contribution in [0.25, 0.3) is 0 Å². The molecule has 2 heterocycles. The quantitative estimate of drug-likeness (QED) is 0.740. The van der Waals surface area contributed by atoms with Gasteiger partial charge in [0, 0.05) is 31.8 Å². The van der Waals surface area contributed by atoms with Crippen LogP contribution in [-0.4, -0.2) is 29.1 Å². The van der Waals surface area contributed by atoms with Crippen molar-refractivity contribution < 1.29 is 9.59 Å². The molecule has 0 spiro atoms. The van der Waals surface area contributed by atoms with E-state index in [2.05, 4.69) is 4.98 Å². The van der Waals surface area contributed by atoms with Crippen molar-refractivity contribution in [3.63, 3.8) is 0 Å². The number of hydrogen-bond donors (Lipinski definition) is 0. The van der Waals surface area contributed by atoms with Gasteiger partial charge in [-0.3, -0.25) is 9.78 Å². The highest BCUT2D eigenvalue weighted by atomic mass is 16.2. The van der Waals surface area contributed by atoms with Gasteiger partial charge in [-0.15, -0.1) is 0 Å². The Kier molecular flexibility index (Phi) is 3.52. The predicted octanol–water partition coefficient (Wildman–Crippen LogP) is 1.58. The average Bonchev–Trinajstić information content (AvgIpc) is 2.65. The molecule has 90 valence electrons. The molecule has 1 amide bonds. The summed E-state index contributed by atoms with van der Waals surface area (Å²) >= 11 is 0. The summed E-state index contributed by atoms with van der Waals surface area (Å²) < 4.78 is 0. The molecule has 0 aliphatic carbocycles. The minimum absolute atomic E-state index is 0.0181. The molecule has 4 nitrogen and oxygen atoms in total. The minimum atomic E-state index is -0.0181. The molecule has 0 bridgehead atoms. The molecule has 0 saturated carbocycles. The molecular weight excluding hydrogens is 216 g/mol. The summed E-state index contributed by atoms with van der Waals surface area (Å²) in [5.41, 5.74) is 1.07. The smallest absolute Gasteiger partial charge is 0.226 e. The summed E-state index contributed by atoms with van der Waals surface area (Å²) in [6.07, 6.45) is 6.31. The van der Waals surface area contributed by atoms with Gasteiger partial charge in [-0.2, -0.15) is 0 Å². The number of rotatable bonds is 4. The Bertz CT molecular complexity index is 405. The van der Waals surface area contributed by atoms with Crippen LogP contribution < -0.4 is 0 Å². The summed E-state index contributed by atoms with van der Waals surface area (Å²) in [6.45, 7) is 0. The van der Waals surface area contributed by atoms with Crippen molar-refractivity contribution in [1.29, 1.82) is 0 Å². The van der Waals surface area contributed by atoms with E-state index in [1.807, 2.05) is 19.2 Å². The molecule has 4 heteroatoms. The number of aldehydes is 1. The van der Waals surface area contributed by atoms with Crippen molar-refractivity contribution in [1.82, 2.24) is 9.88 Å². The molecule has 1 saturated heterocycles. The van der Waals surface area contributed by atoms with Crippen LogP contribution in [0.3, 0.4) is 0 Å². The Morgan fingerprint density at radius 3 is 3.06 bits per heavy atom. The minimum Gasteiger partial charge on any atom is -0.338 e. The Labute approximate surface area is 101 Å². The van der Waals surface area contributed by atoms with Gasteiger partial charge in [0.15, 0.2) is 0 Å². The molecule has 2 atom stereocenters. The number of hydrogen-bond acceptors (Lipinski definition) is 3. The van der Waals surface area contributed by atoms with E-state index in [1.54, 1.807) is 17.3 Å². The molecule has 1 fully saturated rings. The van der Waals surface area contributed by atoms with Crippen LogP contribution in [0, 0.1) is 5.92 Å². The second kappa shape index (κ2) is 5.08. The fourth-order valence-corrected chi connectivity index (χ4v) is 2.41. The number of likely N-dealkylation sites (tertiary alicyclic amines) is 1. The lowest BCUT2D eigenvalue weighted by molar-refractivity contribution is -0.131. The van der Waals surface area contributed by atoms with Crippen LogP contribution in [0.4, 0.5) is 0 Å². The van der Waals surface area contributed by atoms with Gasteiger partial charge in [0.25, 0.3) is 0 Å². The lowest BCUT2D eigenvalue weighted by atomic mass is 9.97. The van der Waals surface area contributed by atoms with E-state index < -0.39 is 0 Å². The second-order valence-electron chi connectivity index (χ2n) is 4.43. The van der Waals surface area contributed by atoms with Crippen molar-refractivity contribution in [3.05, 3.63) is 30.1 Å². The Hall–Kier alpha value is -1.71. The van der Waals surface area contributed by atoms with Gasteiger partial charge in [-0.05, 0) is 24.5 Å². The predicted molar refractivity (Wildman–Crippen MR) is 63.2 cm³/mol. The molecule has 2 unspecified atom stereocenters. The summed E-state index contributed by atoms with van der Waals surface area (Å²) in [5.74, 6) is 0.121. The molecule has 1 aromatic rings. The van der Waals surface area contributed by atoms with E-state index in [1.165, 1.54) is 0 Å². The third-order valence-electron chi connectivity index (χ3n) is 3.37. The topological polar surface area (TPSA) is 50.3 Å². The molecule has 0 aromatic carbocycles. The lowest BCUT2D eigenvalue weighted by Crippen LogP contribution is -2.25. The molecule has 0 N–H and O–H groups in total. The lowest BCUT2D eigenvalue weighted by Gasteiger charge is -2.19. The van der Waals surface area contributed by atoms with Crippen LogP contribution >= 0.6 is 0 Å². The van der Waals surface area contributed by atoms with Crippen LogP contribution in [0.5, 0.6) is 0 Å². The van der Waals surface area contributed by atoms with Gasteiger partial charge >= 0.3 is 0 Å². The standard InChI is InChI=1S/C13H16N2O2/c1-15-12(11-4-2-6-14-9-11)8-10(13(15)17)5-3-7-16/h2,4,6-7,9-10,12H,3,5,8H2,1H3. The first-order valence-corrected chi connectivity index (χ1v) is 5.84. The SMILES string of the molecule is CN1C(=O)C(CCC=O)CC1c1cccnc1. The maximum absolute atomic E-state index is 12.0. The highest BCUT2D eigenvalue weighted by molar-refractivity contribution is 5.81. The second-order valence-corrected chi connectivity index (χ2v) is 4.43. The van der Waals surface area contributed by atoms with Crippen molar-refractivity contribution >= 4 is 12.2 Å². The molecule has 1 aliphatic rings. The zero-order valence-corrected chi connectivity index (χ0v) is 9.87. The Morgan fingerprint density at radius 2 is 2.41 bits per heavy atom. The zero-order valence-electron chi connectivity index (χ0n) is 9.87. The maximum Gasteiger partial charge on any atom is 0.226 e. The number of amides is 1. The van der Waals surface area contributed by atoms with E-state index >= 15 is 0 Å². The first-order valence-electron chi connectivity index (χ1n) is 5.84. The van der Waals surface area contributed by atoms with Crippen LogP contribution in [-0.2, 0) is 9.59 Å². The monoisotopic (exact) mass is 232 g/mol. The summed E-state index contributed by atoms with van der Waals surface area (Å²) in [6, 6.07) is 3.98. The third-order valence-corrected chi connectivity index (χ3v) is 3.37. The van der Waals surface area contributed by atoms with Crippen LogP contribution in [0.1, 0.15) is 30.9 Å². The van der Waals surface area contributed by atoms with Crippen LogP contribution in [0.15, 0.2) is 24.5 Å². The van der Waals surface area contributed by atoms with Gasteiger partial charge in [0.1, 0.15) is 6.29 Å². The summed E-state index contributed by atoms with van der Waals surface area (Å²) in [5, 5.41) is 0. The first-order chi connectivity index (χ1) is 8.24. The summed E-state index contributed by atoms with van der Waals surface area (Å²) in [4.78, 5) is 28.2. The zero-order chi connectivity index (χ0) is 12.3. The fourth-order valence-electron chi connectivity index (χ4n) is 2.41. The van der Waals surface area contributed by atoms with Gasteiger partial charge in [-0.25, -0.2) is 0 Å². The third kappa shape index (κ3) is 2.35. The Balaban J connectivity index is 2.11. The highest BCUT2D eigenvalue weighted by Crippen LogP contribution is 2.36. The van der Waals surface area contributed by atoms with Gasteiger partial charge < -0.3 is 9.69 Å². The van der Waals surface area contributed by atoms with E-state index in [-0.39, 0.29) is 17.9 Å². The molecule has 1 aromatic heterocycles. The number of nitrogens with zero attached hydrogens (tertiary/aromatic N) is 2. The van der Waals surface area contributed by atoms with Crippen molar-refractivity contribution in [2.24, 2.45) is 5.92 Å². The average molecular weight is 232 g/mol. The molecule has 17 heavy (non-hydrogen) atoms. The number of aromatic nitrogens is 1. The van der Waals surface area contributed by atoms with E-state index in [0.717, 1.165) is 18.3 Å².